The molecule has 0 unspecified atom stereocenters. The van der Waals surface area contributed by atoms with Crippen LogP contribution in [0.1, 0.15) is 16.8 Å². The van der Waals surface area contributed by atoms with E-state index in [0.29, 0.717) is 29.6 Å². The van der Waals surface area contributed by atoms with E-state index in [0.717, 1.165) is 10.9 Å². The summed E-state index contributed by atoms with van der Waals surface area (Å²) < 4.78 is 0. The number of nitrogens with zero attached hydrogens (tertiary/aromatic N) is 2. The van der Waals surface area contributed by atoms with Crippen molar-refractivity contribution in [2.24, 2.45) is 0 Å². The third-order valence-electron chi connectivity index (χ3n) is 5.02. The van der Waals surface area contributed by atoms with E-state index in [1.165, 1.54) is 0 Å². The van der Waals surface area contributed by atoms with Crippen molar-refractivity contribution in [3.05, 3.63) is 64.4 Å². The molecular weight excluding hydrogens is 346 g/mol. The van der Waals surface area contributed by atoms with Gasteiger partial charge < -0.3 is 15.1 Å². The molecule has 2 aromatic carbocycles. The molecule has 1 saturated heterocycles. The monoisotopic (exact) mass is 365 g/mol. The smallest absolute Gasteiger partial charge is 0.272 e. The number of carbonyl (C=O) groups excluding carboxylic acids is 1. The first-order valence-electron chi connectivity index (χ1n) is 8.71. The zero-order valence-corrected chi connectivity index (χ0v) is 14.6. The predicted octanol–water partition coefficient (Wildman–Crippen LogP) is 1.16. The molecule has 0 bridgehead atoms. The fourth-order valence-corrected chi connectivity index (χ4v) is 3.45. The molecule has 0 saturated carbocycles. The van der Waals surface area contributed by atoms with Crippen LogP contribution in [0, 0.1) is 0 Å². The third kappa shape index (κ3) is 3.11. The molecule has 0 spiro atoms. The molecule has 3 N–H and O–H groups in total. The highest BCUT2D eigenvalue weighted by molar-refractivity contribution is 5.97. The lowest BCUT2D eigenvalue weighted by molar-refractivity contribution is -0.00455. The van der Waals surface area contributed by atoms with Crippen LogP contribution in [0.15, 0.2) is 53.3 Å². The zero-order valence-electron chi connectivity index (χ0n) is 14.6. The summed E-state index contributed by atoms with van der Waals surface area (Å²) in [6.45, 7) is 0.167. The van der Waals surface area contributed by atoms with Gasteiger partial charge in [-0.05, 0) is 24.6 Å². The molecule has 1 atom stereocenters. The molecule has 4 rings (SSSR count). The van der Waals surface area contributed by atoms with Crippen LogP contribution in [0.25, 0.3) is 22.0 Å². The Bertz CT molecular complexity index is 1060. The third-order valence-corrected chi connectivity index (χ3v) is 5.02. The Morgan fingerprint density at radius 1 is 1.15 bits per heavy atom. The van der Waals surface area contributed by atoms with E-state index < -0.39 is 5.60 Å². The maximum atomic E-state index is 12.6. The van der Waals surface area contributed by atoms with Crippen LogP contribution in [-0.2, 0) is 0 Å². The van der Waals surface area contributed by atoms with Gasteiger partial charge in [0, 0.05) is 23.1 Å². The normalized spacial score (nSPS) is 19.6. The summed E-state index contributed by atoms with van der Waals surface area (Å²) in [6, 6.07) is 14.2. The minimum Gasteiger partial charge on any atom is -0.393 e. The lowest BCUT2D eigenvalue weighted by Gasteiger charge is -2.21. The number of amides is 1. The second-order valence-electron chi connectivity index (χ2n) is 6.88. The number of aliphatic hydroxyl groups is 2. The molecule has 1 aliphatic heterocycles. The molecule has 138 valence electrons. The quantitative estimate of drug-likeness (QED) is 0.646. The Hall–Kier alpha value is -3.03. The van der Waals surface area contributed by atoms with Crippen LogP contribution >= 0.6 is 0 Å². The molecular formula is C20H19N3O4. The number of H-pyrrole nitrogens is 1. The predicted molar refractivity (Wildman–Crippen MR) is 100 cm³/mol. The summed E-state index contributed by atoms with van der Waals surface area (Å²) in [5.74, 6) is -0.190. The average molecular weight is 365 g/mol. The van der Waals surface area contributed by atoms with Gasteiger partial charge in [0.2, 0.25) is 0 Å². The molecule has 2 heterocycles. The molecule has 0 radical (unpaired) electrons. The van der Waals surface area contributed by atoms with E-state index in [9.17, 15) is 19.8 Å². The summed E-state index contributed by atoms with van der Waals surface area (Å²) in [4.78, 5) is 26.1. The molecule has 1 amide bonds. The van der Waals surface area contributed by atoms with E-state index in [2.05, 4.69) is 10.2 Å². The van der Waals surface area contributed by atoms with Crippen molar-refractivity contribution in [2.75, 3.05) is 19.7 Å². The SMILES string of the molecule is O=C(c1ccc(-c2n[nH]c(=O)c3ccccc23)cc1)N1CC[C@@](O)(CO)C1. The van der Waals surface area contributed by atoms with E-state index in [-0.39, 0.29) is 24.6 Å². The molecule has 1 aliphatic rings. The van der Waals surface area contributed by atoms with E-state index in [4.69, 9.17) is 0 Å². The second-order valence-corrected chi connectivity index (χ2v) is 6.88. The first-order valence-corrected chi connectivity index (χ1v) is 8.71. The van der Waals surface area contributed by atoms with Crippen LogP contribution in [0.4, 0.5) is 0 Å². The number of hydrogen-bond acceptors (Lipinski definition) is 5. The largest absolute Gasteiger partial charge is 0.393 e. The zero-order chi connectivity index (χ0) is 19.0. The highest BCUT2D eigenvalue weighted by Gasteiger charge is 2.37. The fourth-order valence-electron chi connectivity index (χ4n) is 3.45. The number of fused-ring (bicyclic) bond motifs is 1. The number of aromatic nitrogens is 2. The topological polar surface area (TPSA) is 107 Å². The molecule has 7 heteroatoms. The Morgan fingerprint density at radius 3 is 2.52 bits per heavy atom. The minimum atomic E-state index is -1.21. The Balaban J connectivity index is 1.63. The van der Waals surface area contributed by atoms with E-state index >= 15 is 0 Å². The number of carbonyl (C=O) groups is 1. The summed E-state index contributed by atoms with van der Waals surface area (Å²) in [6.07, 6.45) is 0.362. The van der Waals surface area contributed by atoms with Crippen molar-refractivity contribution >= 4 is 16.7 Å². The van der Waals surface area contributed by atoms with Gasteiger partial charge in [-0.15, -0.1) is 0 Å². The minimum absolute atomic E-state index is 0.121. The van der Waals surface area contributed by atoms with Gasteiger partial charge in [-0.25, -0.2) is 5.10 Å². The number of benzene rings is 2. The summed E-state index contributed by atoms with van der Waals surface area (Å²) in [7, 11) is 0. The van der Waals surface area contributed by atoms with Gasteiger partial charge in [0.05, 0.1) is 24.2 Å². The average Bonchev–Trinajstić information content (AvgIpc) is 3.11. The summed E-state index contributed by atoms with van der Waals surface area (Å²) >= 11 is 0. The highest BCUT2D eigenvalue weighted by Crippen LogP contribution is 2.26. The summed E-state index contributed by atoms with van der Waals surface area (Å²) in [5, 5.41) is 27.3. The Labute approximate surface area is 154 Å². The van der Waals surface area contributed by atoms with Crippen LogP contribution in [-0.4, -0.2) is 56.5 Å². The number of rotatable bonds is 3. The van der Waals surface area contributed by atoms with Gasteiger partial charge in [0.15, 0.2) is 0 Å². The van der Waals surface area contributed by atoms with E-state index in [1.54, 1.807) is 41.3 Å². The number of nitrogens with one attached hydrogen (secondary N) is 1. The van der Waals surface area contributed by atoms with Gasteiger partial charge in [0.1, 0.15) is 5.60 Å². The molecule has 0 aliphatic carbocycles. The number of aliphatic hydroxyl groups excluding tert-OH is 1. The number of β-amino-alcohol motifs (C(OH)–C–C–N with tert-alkyl or cyclic N) is 1. The van der Waals surface area contributed by atoms with Crippen LogP contribution in [0.3, 0.4) is 0 Å². The number of likely N-dealkylation sites (tertiary alicyclic amines) is 1. The van der Waals surface area contributed by atoms with Crippen LogP contribution in [0.2, 0.25) is 0 Å². The van der Waals surface area contributed by atoms with Gasteiger partial charge in [0.25, 0.3) is 11.5 Å². The molecule has 3 aromatic rings. The Morgan fingerprint density at radius 2 is 1.85 bits per heavy atom. The fraction of sp³-hybridized carbons (Fsp3) is 0.250. The van der Waals surface area contributed by atoms with Gasteiger partial charge >= 0.3 is 0 Å². The van der Waals surface area contributed by atoms with Crippen molar-refractivity contribution in [1.29, 1.82) is 0 Å². The lowest BCUT2D eigenvalue weighted by Crippen LogP contribution is -2.38. The first-order chi connectivity index (χ1) is 13.0. The lowest BCUT2D eigenvalue weighted by atomic mass is 10.0. The number of hydrogen-bond donors (Lipinski definition) is 3. The molecule has 27 heavy (non-hydrogen) atoms. The molecule has 7 nitrogen and oxygen atoms in total. The van der Waals surface area contributed by atoms with Gasteiger partial charge in [-0.1, -0.05) is 30.3 Å². The molecule has 1 fully saturated rings. The number of aromatic amines is 1. The Kier molecular flexibility index (Phi) is 4.25. The van der Waals surface area contributed by atoms with Crippen LogP contribution < -0.4 is 5.56 Å². The second kappa shape index (κ2) is 6.61. The van der Waals surface area contributed by atoms with E-state index in [1.807, 2.05) is 12.1 Å². The summed E-state index contributed by atoms with van der Waals surface area (Å²) in [5.41, 5.74) is 0.461. The highest BCUT2D eigenvalue weighted by atomic mass is 16.3. The standard InChI is InChI=1S/C20H19N3O4/c24-12-20(27)9-10-23(11-20)19(26)14-7-5-13(6-8-14)17-15-3-1-2-4-16(15)18(25)22-21-17/h1-8,24,27H,9-12H2,(H,22,25)/t20-/m0/s1. The maximum absolute atomic E-state index is 12.6. The molecule has 1 aromatic heterocycles. The van der Waals surface area contributed by atoms with Crippen molar-refractivity contribution in [2.45, 2.75) is 12.0 Å². The van der Waals surface area contributed by atoms with Crippen molar-refractivity contribution in [3.8, 4) is 11.3 Å². The first kappa shape index (κ1) is 17.4. The van der Waals surface area contributed by atoms with Crippen molar-refractivity contribution < 1.29 is 15.0 Å². The van der Waals surface area contributed by atoms with Gasteiger partial charge in [-0.2, -0.15) is 5.10 Å². The van der Waals surface area contributed by atoms with Crippen molar-refractivity contribution in [1.82, 2.24) is 15.1 Å². The van der Waals surface area contributed by atoms with Crippen molar-refractivity contribution in [3.63, 3.8) is 0 Å². The maximum Gasteiger partial charge on any atom is 0.272 e. The van der Waals surface area contributed by atoms with Gasteiger partial charge in [-0.3, -0.25) is 9.59 Å². The van der Waals surface area contributed by atoms with Crippen LogP contribution in [0.5, 0.6) is 0 Å².